The van der Waals surface area contributed by atoms with Crippen LogP contribution in [0.1, 0.15) is 49.9 Å². The van der Waals surface area contributed by atoms with E-state index in [0.717, 1.165) is 41.4 Å². The Hall–Kier alpha value is -2.20. The maximum atomic E-state index is 6.26. The Bertz CT molecular complexity index is 947. The maximum Gasteiger partial charge on any atom is 0.166 e. The second-order valence-electron chi connectivity index (χ2n) is 8.64. The summed E-state index contributed by atoms with van der Waals surface area (Å²) >= 11 is 0. The Morgan fingerprint density at radius 3 is 2.43 bits per heavy atom. The summed E-state index contributed by atoms with van der Waals surface area (Å²) < 4.78 is 17.4. The van der Waals surface area contributed by atoms with Crippen LogP contribution in [0.3, 0.4) is 0 Å². The lowest BCUT2D eigenvalue weighted by Gasteiger charge is -2.31. The molecule has 0 saturated carbocycles. The van der Waals surface area contributed by atoms with Gasteiger partial charge < -0.3 is 14.2 Å². The Balaban J connectivity index is 0.00000225. The number of benzene rings is 2. The van der Waals surface area contributed by atoms with Crippen molar-refractivity contribution in [2.75, 3.05) is 14.2 Å². The van der Waals surface area contributed by atoms with Gasteiger partial charge in [-0.3, -0.25) is 4.99 Å². The van der Waals surface area contributed by atoms with Gasteiger partial charge >= 0.3 is 0 Å². The van der Waals surface area contributed by atoms with Crippen molar-refractivity contribution in [2.45, 2.75) is 51.7 Å². The van der Waals surface area contributed by atoms with Gasteiger partial charge in [-0.15, -0.1) is 12.4 Å². The van der Waals surface area contributed by atoms with Crippen LogP contribution in [0.15, 0.2) is 35.3 Å². The number of halogens is 1. The molecule has 28 heavy (non-hydrogen) atoms. The van der Waals surface area contributed by atoms with Gasteiger partial charge in [-0.1, -0.05) is 12.1 Å². The van der Waals surface area contributed by atoms with Crippen LogP contribution in [0.5, 0.6) is 17.2 Å². The first kappa shape index (κ1) is 20.5. The Labute approximate surface area is 173 Å². The van der Waals surface area contributed by atoms with Crippen LogP contribution in [0, 0.1) is 0 Å². The van der Waals surface area contributed by atoms with Gasteiger partial charge in [0, 0.05) is 23.1 Å². The first-order valence-corrected chi connectivity index (χ1v) is 9.39. The van der Waals surface area contributed by atoms with E-state index < -0.39 is 0 Å². The molecule has 0 N–H and O–H groups in total. The molecule has 2 aliphatic heterocycles. The third-order valence-corrected chi connectivity index (χ3v) is 5.24. The van der Waals surface area contributed by atoms with E-state index in [2.05, 4.69) is 45.9 Å². The van der Waals surface area contributed by atoms with Crippen LogP contribution in [0.2, 0.25) is 0 Å². The van der Waals surface area contributed by atoms with E-state index in [-0.39, 0.29) is 23.5 Å². The Morgan fingerprint density at radius 1 is 1.00 bits per heavy atom. The number of methoxy groups -OCH3 is 2. The predicted octanol–water partition coefficient (Wildman–Crippen LogP) is 5.01. The van der Waals surface area contributed by atoms with Crippen molar-refractivity contribution in [3.8, 4) is 17.2 Å². The summed E-state index contributed by atoms with van der Waals surface area (Å²) in [5, 5.41) is 0. The molecular formula is C23H28ClNO3. The van der Waals surface area contributed by atoms with E-state index in [9.17, 15) is 0 Å². The lowest BCUT2D eigenvalue weighted by Crippen LogP contribution is -2.30. The van der Waals surface area contributed by atoms with Gasteiger partial charge in [0.1, 0.15) is 11.4 Å². The molecular weight excluding hydrogens is 374 g/mol. The molecule has 2 aromatic carbocycles. The SMILES string of the molecule is COc1cccc(C2=NC(C)(C)Cc3cc(OC)c4c(c32)CC(C)(C)O4)c1.Cl. The summed E-state index contributed by atoms with van der Waals surface area (Å²) in [5.41, 5.74) is 5.32. The number of rotatable bonds is 3. The van der Waals surface area contributed by atoms with Gasteiger partial charge in [0.15, 0.2) is 11.5 Å². The molecule has 5 heteroatoms. The number of nitrogens with zero attached hydrogens (tertiary/aromatic N) is 1. The predicted molar refractivity (Wildman–Crippen MR) is 115 cm³/mol. The third-order valence-electron chi connectivity index (χ3n) is 5.24. The van der Waals surface area contributed by atoms with Gasteiger partial charge in [0.05, 0.1) is 25.5 Å². The van der Waals surface area contributed by atoms with Gasteiger partial charge in [0.2, 0.25) is 0 Å². The van der Waals surface area contributed by atoms with E-state index in [0.29, 0.717) is 0 Å². The van der Waals surface area contributed by atoms with E-state index in [4.69, 9.17) is 19.2 Å². The van der Waals surface area contributed by atoms with E-state index in [1.807, 2.05) is 12.1 Å². The maximum absolute atomic E-state index is 6.26. The largest absolute Gasteiger partial charge is 0.497 e. The Morgan fingerprint density at radius 2 is 1.75 bits per heavy atom. The summed E-state index contributed by atoms with van der Waals surface area (Å²) in [6.07, 6.45) is 1.71. The van der Waals surface area contributed by atoms with Crippen LogP contribution < -0.4 is 14.2 Å². The number of ether oxygens (including phenoxy) is 3. The monoisotopic (exact) mass is 401 g/mol. The molecule has 0 spiro atoms. The van der Waals surface area contributed by atoms with Crippen LogP contribution >= 0.6 is 12.4 Å². The molecule has 0 aliphatic carbocycles. The first-order chi connectivity index (χ1) is 12.7. The van der Waals surface area contributed by atoms with E-state index in [1.54, 1.807) is 14.2 Å². The zero-order valence-electron chi connectivity index (χ0n) is 17.4. The standard InChI is InChI=1S/C23H27NO3.ClH/c1-22(2)12-15-11-18(26-6)21-17(13-23(3,4)27-21)19(15)20(24-22)14-8-7-9-16(10-14)25-5;/h7-11H,12-13H2,1-6H3;1H. The molecule has 4 rings (SSSR count). The van der Waals surface area contributed by atoms with Gasteiger partial charge in [-0.05, 0) is 57.9 Å². The van der Waals surface area contributed by atoms with Crippen molar-refractivity contribution < 1.29 is 14.2 Å². The highest BCUT2D eigenvalue weighted by molar-refractivity contribution is 6.16. The van der Waals surface area contributed by atoms with Crippen LogP contribution in [-0.4, -0.2) is 31.1 Å². The molecule has 150 valence electrons. The van der Waals surface area contributed by atoms with Gasteiger partial charge in [-0.2, -0.15) is 0 Å². The first-order valence-electron chi connectivity index (χ1n) is 9.39. The molecule has 2 aliphatic rings. The fourth-order valence-corrected chi connectivity index (χ4v) is 4.20. The highest BCUT2D eigenvalue weighted by atomic mass is 35.5. The lowest BCUT2D eigenvalue weighted by molar-refractivity contribution is 0.134. The quantitative estimate of drug-likeness (QED) is 0.725. The summed E-state index contributed by atoms with van der Waals surface area (Å²) in [6.45, 7) is 8.59. The minimum absolute atomic E-state index is 0. The molecule has 0 atom stereocenters. The molecule has 4 nitrogen and oxygen atoms in total. The zero-order chi connectivity index (χ0) is 19.4. The fourth-order valence-electron chi connectivity index (χ4n) is 4.20. The van der Waals surface area contributed by atoms with Crippen molar-refractivity contribution in [1.82, 2.24) is 0 Å². The molecule has 2 aromatic rings. The van der Waals surface area contributed by atoms with Crippen molar-refractivity contribution in [3.05, 3.63) is 52.6 Å². The van der Waals surface area contributed by atoms with Crippen molar-refractivity contribution in [2.24, 2.45) is 4.99 Å². The molecule has 2 heterocycles. The fraction of sp³-hybridized carbons (Fsp3) is 0.435. The number of aliphatic imine (C=N–C) groups is 1. The number of hydrogen-bond acceptors (Lipinski definition) is 4. The van der Waals surface area contributed by atoms with Crippen molar-refractivity contribution in [1.29, 1.82) is 0 Å². The lowest BCUT2D eigenvalue weighted by atomic mass is 9.81. The summed E-state index contributed by atoms with van der Waals surface area (Å²) in [5.74, 6) is 2.51. The second-order valence-corrected chi connectivity index (χ2v) is 8.64. The zero-order valence-corrected chi connectivity index (χ0v) is 18.2. The normalized spacial score (nSPS) is 18.1. The van der Waals surface area contributed by atoms with Gasteiger partial charge in [-0.25, -0.2) is 0 Å². The molecule has 0 amide bonds. The smallest absolute Gasteiger partial charge is 0.166 e. The van der Waals surface area contributed by atoms with E-state index in [1.165, 1.54) is 16.7 Å². The van der Waals surface area contributed by atoms with Crippen LogP contribution in [-0.2, 0) is 12.8 Å². The highest BCUT2D eigenvalue weighted by Gasteiger charge is 2.39. The molecule has 0 fully saturated rings. The van der Waals surface area contributed by atoms with Crippen LogP contribution in [0.4, 0.5) is 0 Å². The Kier molecular flexibility index (Phi) is 5.13. The number of hydrogen-bond donors (Lipinski definition) is 0. The average molecular weight is 402 g/mol. The average Bonchev–Trinajstić information content (AvgIpc) is 2.94. The van der Waals surface area contributed by atoms with E-state index >= 15 is 0 Å². The minimum atomic E-state index is -0.253. The third kappa shape index (κ3) is 3.46. The van der Waals surface area contributed by atoms with Gasteiger partial charge in [0.25, 0.3) is 0 Å². The minimum Gasteiger partial charge on any atom is -0.497 e. The second kappa shape index (κ2) is 7.00. The van der Waals surface area contributed by atoms with Crippen LogP contribution in [0.25, 0.3) is 0 Å². The summed E-state index contributed by atoms with van der Waals surface area (Å²) in [6, 6.07) is 10.3. The summed E-state index contributed by atoms with van der Waals surface area (Å²) in [7, 11) is 3.40. The van der Waals surface area contributed by atoms with Crippen molar-refractivity contribution in [3.63, 3.8) is 0 Å². The molecule has 0 bridgehead atoms. The molecule has 0 unspecified atom stereocenters. The number of fused-ring (bicyclic) bond motifs is 3. The van der Waals surface area contributed by atoms with Crippen molar-refractivity contribution >= 4 is 18.1 Å². The molecule has 0 radical (unpaired) electrons. The highest BCUT2D eigenvalue weighted by Crippen LogP contribution is 2.47. The summed E-state index contributed by atoms with van der Waals surface area (Å²) in [4.78, 5) is 5.15. The molecule has 0 aromatic heterocycles. The topological polar surface area (TPSA) is 40.0 Å². The molecule has 0 saturated heterocycles.